The summed E-state index contributed by atoms with van der Waals surface area (Å²) in [5.41, 5.74) is 3.50. The molecule has 2 N–H and O–H groups in total. The molecule has 0 bridgehead atoms. The maximum atomic E-state index is 11.8. The number of nitrogens with zero attached hydrogens (tertiary/aromatic N) is 1. The number of amides is 1. The number of fused-ring (bicyclic) bond motifs is 1. The van der Waals surface area contributed by atoms with Crippen LogP contribution in [0.1, 0.15) is 42.7 Å². The lowest BCUT2D eigenvalue weighted by Gasteiger charge is -2.37. The molecule has 4 rings (SSSR count). The van der Waals surface area contributed by atoms with E-state index in [1.54, 1.807) is 21.3 Å². The van der Waals surface area contributed by atoms with Gasteiger partial charge in [0.25, 0.3) is 0 Å². The molecule has 1 amide bonds. The second kappa shape index (κ2) is 13.7. The van der Waals surface area contributed by atoms with Crippen LogP contribution >= 0.6 is 0 Å². The summed E-state index contributed by atoms with van der Waals surface area (Å²) < 4.78 is 23.1. The largest absolute Gasteiger partial charge is 0.497 e. The quantitative estimate of drug-likeness (QED) is 0.422. The van der Waals surface area contributed by atoms with Gasteiger partial charge in [-0.1, -0.05) is 18.2 Å². The number of carbonyl (C=O) groups is 1. The van der Waals surface area contributed by atoms with Crippen molar-refractivity contribution in [3.63, 3.8) is 0 Å². The Morgan fingerprint density at radius 1 is 1.19 bits per heavy atom. The first-order chi connectivity index (χ1) is 18.1. The highest BCUT2D eigenvalue weighted by molar-refractivity contribution is 5.75. The van der Waals surface area contributed by atoms with Crippen LogP contribution in [0.4, 0.5) is 5.69 Å². The van der Waals surface area contributed by atoms with E-state index in [9.17, 15) is 4.79 Å². The number of hydrogen-bond acceptors (Lipinski definition) is 7. The van der Waals surface area contributed by atoms with Crippen LogP contribution in [-0.4, -0.2) is 72.2 Å². The predicted molar refractivity (Wildman–Crippen MR) is 145 cm³/mol. The third-order valence-electron chi connectivity index (χ3n) is 7.36. The van der Waals surface area contributed by atoms with Gasteiger partial charge in [-0.2, -0.15) is 0 Å². The molecule has 0 spiro atoms. The molecule has 1 saturated heterocycles. The summed E-state index contributed by atoms with van der Waals surface area (Å²) in [6.07, 6.45) is 3.25. The summed E-state index contributed by atoms with van der Waals surface area (Å²) >= 11 is 0. The Morgan fingerprint density at radius 3 is 2.78 bits per heavy atom. The van der Waals surface area contributed by atoms with Crippen molar-refractivity contribution < 1.29 is 23.7 Å². The molecule has 1 fully saturated rings. The maximum absolute atomic E-state index is 11.8. The third-order valence-corrected chi connectivity index (χ3v) is 7.36. The van der Waals surface area contributed by atoms with Gasteiger partial charge in [-0.25, -0.2) is 0 Å². The Bertz CT molecular complexity index is 1000. The zero-order valence-electron chi connectivity index (χ0n) is 22.3. The Labute approximate surface area is 220 Å². The van der Waals surface area contributed by atoms with E-state index in [-0.39, 0.29) is 24.0 Å². The number of rotatable bonds is 12. The van der Waals surface area contributed by atoms with Crippen molar-refractivity contribution >= 4 is 11.6 Å². The molecule has 8 nitrogen and oxygen atoms in total. The first kappa shape index (κ1) is 27.2. The lowest BCUT2D eigenvalue weighted by Crippen LogP contribution is -2.47. The number of benzene rings is 2. The molecule has 2 aliphatic heterocycles. The number of piperidine rings is 1. The molecule has 2 aromatic rings. The van der Waals surface area contributed by atoms with Gasteiger partial charge in [0.1, 0.15) is 18.1 Å². The summed E-state index contributed by atoms with van der Waals surface area (Å²) in [6, 6.07) is 14.9. The van der Waals surface area contributed by atoms with Crippen molar-refractivity contribution in [2.45, 2.75) is 50.4 Å². The normalized spacial score (nSPS) is 21.2. The van der Waals surface area contributed by atoms with Gasteiger partial charge in [0.2, 0.25) is 5.91 Å². The van der Waals surface area contributed by atoms with E-state index in [4.69, 9.17) is 18.9 Å². The Kier molecular flexibility index (Phi) is 10.0. The number of ether oxygens (including phenoxy) is 4. The fourth-order valence-electron chi connectivity index (χ4n) is 5.24. The van der Waals surface area contributed by atoms with Gasteiger partial charge in [-0.3, -0.25) is 4.79 Å². The standard InChI is InChI=1S/C29H41N3O5/c1-30-29(33)12-8-23-18-25(22-6-9-24(35-3)10-7-22)28(19-31-23)37-20-21-5-11-27-26(17-21)32(14-16-36-27)13-4-15-34-2/h5-7,9-11,17,23,25,28,31H,4,8,12-16,18-20H2,1-3H3,(H,30,33)/t23-,25-,28+/m1/s1. The lowest BCUT2D eigenvalue weighted by atomic mass is 9.83. The van der Waals surface area contributed by atoms with Crippen molar-refractivity contribution in [2.24, 2.45) is 0 Å². The first-order valence-corrected chi connectivity index (χ1v) is 13.3. The maximum Gasteiger partial charge on any atom is 0.219 e. The van der Waals surface area contributed by atoms with Crippen LogP contribution in [0.15, 0.2) is 42.5 Å². The highest BCUT2D eigenvalue weighted by Gasteiger charge is 2.32. The number of nitrogens with one attached hydrogen (secondary N) is 2. The van der Waals surface area contributed by atoms with Gasteiger partial charge in [0.15, 0.2) is 0 Å². The topological polar surface area (TPSA) is 81.3 Å². The molecule has 2 aliphatic rings. The third kappa shape index (κ3) is 7.37. The molecule has 8 heteroatoms. The summed E-state index contributed by atoms with van der Waals surface area (Å²) in [6.45, 7) is 4.55. The van der Waals surface area contributed by atoms with E-state index in [2.05, 4.69) is 45.9 Å². The number of methoxy groups -OCH3 is 2. The van der Waals surface area contributed by atoms with Crippen molar-refractivity contribution in [3.05, 3.63) is 53.6 Å². The minimum Gasteiger partial charge on any atom is -0.497 e. The minimum atomic E-state index is 0.0229. The SMILES string of the molecule is CNC(=O)CC[C@@H]1C[C@H](c2ccc(OC)cc2)[C@@H](OCc2ccc3c(c2)N(CCCOC)CCO3)CN1. The molecule has 0 saturated carbocycles. The van der Waals surface area contributed by atoms with Crippen LogP contribution in [-0.2, 0) is 20.9 Å². The van der Waals surface area contributed by atoms with Gasteiger partial charge in [0, 0.05) is 52.2 Å². The monoisotopic (exact) mass is 511 g/mol. The van der Waals surface area contributed by atoms with Crippen LogP contribution in [0.2, 0.25) is 0 Å². The second-order valence-electron chi connectivity index (χ2n) is 9.77. The van der Waals surface area contributed by atoms with E-state index < -0.39 is 0 Å². The van der Waals surface area contributed by atoms with E-state index in [0.717, 1.165) is 68.3 Å². The van der Waals surface area contributed by atoms with E-state index in [0.29, 0.717) is 19.6 Å². The molecule has 202 valence electrons. The number of carbonyl (C=O) groups excluding carboxylic acids is 1. The molecule has 0 aromatic heterocycles. The zero-order valence-corrected chi connectivity index (χ0v) is 22.3. The predicted octanol–water partition coefficient (Wildman–Crippen LogP) is 3.49. The smallest absolute Gasteiger partial charge is 0.219 e. The van der Waals surface area contributed by atoms with Crippen LogP contribution in [0.3, 0.4) is 0 Å². The van der Waals surface area contributed by atoms with Crippen LogP contribution in [0, 0.1) is 0 Å². The molecule has 2 aromatic carbocycles. The Balaban J connectivity index is 1.44. The van der Waals surface area contributed by atoms with Crippen molar-refractivity contribution in [3.8, 4) is 11.5 Å². The fraction of sp³-hybridized carbons (Fsp3) is 0.552. The average Bonchev–Trinajstić information content (AvgIpc) is 2.95. The molecular formula is C29H41N3O5. The van der Waals surface area contributed by atoms with Gasteiger partial charge in [-0.05, 0) is 54.7 Å². The fourth-order valence-corrected chi connectivity index (χ4v) is 5.24. The second-order valence-corrected chi connectivity index (χ2v) is 9.77. The van der Waals surface area contributed by atoms with Crippen LogP contribution in [0.25, 0.3) is 0 Å². The summed E-state index contributed by atoms with van der Waals surface area (Å²) in [7, 11) is 5.11. The van der Waals surface area contributed by atoms with Gasteiger partial charge in [0.05, 0.1) is 32.1 Å². The highest BCUT2D eigenvalue weighted by Crippen LogP contribution is 2.35. The molecule has 0 aliphatic carbocycles. The lowest BCUT2D eigenvalue weighted by molar-refractivity contribution is -0.120. The Hall–Kier alpha value is -2.81. The summed E-state index contributed by atoms with van der Waals surface area (Å²) in [4.78, 5) is 14.2. The molecular weight excluding hydrogens is 470 g/mol. The van der Waals surface area contributed by atoms with Crippen molar-refractivity contribution in [2.75, 3.05) is 59.0 Å². The molecule has 2 heterocycles. The number of anilines is 1. The van der Waals surface area contributed by atoms with E-state index in [1.165, 1.54) is 5.56 Å². The van der Waals surface area contributed by atoms with Crippen molar-refractivity contribution in [1.82, 2.24) is 10.6 Å². The molecule has 37 heavy (non-hydrogen) atoms. The molecule has 3 atom stereocenters. The summed E-state index contributed by atoms with van der Waals surface area (Å²) in [5.74, 6) is 2.08. The highest BCUT2D eigenvalue weighted by atomic mass is 16.5. The van der Waals surface area contributed by atoms with E-state index in [1.807, 2.05) is 12.1 Å². The Morgan fingerprint density at radius 2 is 2.03 bits per heavy atom. The van der Waals surface area contributed by atoms with Crippen molar-refractivity contribution in [1.29, 1.82) is 0 Å². The van der Waals surface area contributed by atoms with Crippen LogP contribution in [0.5, 0.6) is 11.5 Å². The van der Waals surface area contributed by atoms with Crippen LogP contribution < -0.4 is 25.0 Å². The van der Waals surface area contributed by atoms with E-state index >= 15 is 0 Å². The average molecular weight is 512 g/mol. The van der Waals surface area contributed by atoms with Gasteiger partial charge >= 0.3 is 0 Å². The zero-order chi connectivity index (χ0) is 26.0. The molecule has 0 unspecified atom stereocenters. The first-order valence-electron chi connectivity index (χ1n) is 13.3. The number of hydrogen-bond donors (Lipinski definition) is 2. The minimum absolute atomic E-state index is 0.0229. The molecule has 0 radical (unpaired) electrons. The summed E-state index contributed by atoms with van der Waals surface area (Å²) in [5, 5.41) is 6.35. The van der Waals surface area contributed by atoms with Gasteiger partial charge in [-0.15, -0.1) is 0 Å². The van der Waals surface area contributed by atoms with Gasteiger partial charge < -0.3 is 34.5 Å².